The van der Waals surface area contributed by atoms with E-state index in [4.69, 9.17) is 0 Å². The van der Waals surface area contributed by atoms with Gasteiger partial charge in [-0.25, -0.2) is 0 Å². The van der Waals surface area contributed by atoms with E-state index < -0.39 is 0 Å². The molecule has 2 heterocycles. The summed E-state index contributed by atoms with van der Waals surface area (Å²) in [5.41, 5.74) is 5.02. The second-order valence-electron chi connectivity index (χ2n) is 5.43. The van der Waals surface area contributed by atoms with Crippen LogP contribution < -0.4 is 0 Å². The van der Waals surface area contributed by atoms with Crippen LogP contribution >= 0.6 is 0 Å². The molecule has 1 nitrogen and oxygen atoms in total. The van der Waals surface area contributed by atoms with Gasteiger partial charge in [-0.05, 0) is 0 Å². The monoisotopic (exact) mass is 387 g/mol. The van der Waals surface area contributed by atoms with Crippen LogP contribution in [0.15, 0.2) is 54.7 Å². The van der Waals surface area contributed by atoms with Crippen LogP contribution in [0.4, 0.5) is 0 Å². The quantitative estimate of drug-likeness (QED) is 0.432. The zero-order chi connectivity index (χ0) is 14.4. The van der Waals surface area contributed by atoms with E-state index in [1.807, 2.05) is 6.20 Å². The fraction of sp³-hybridized carbons (Fsp3) is 0.105. The molecule has 2 aromatic carbocycles. The van der Waals surface area contributed by atoms with Crippen LogP contribution in [0, 0.1) is 13.8 Å². The predicted octanol–water partition coefficient (Wildman–Crippen LogP) is 4.73. The van der Waals surface area contributed by atoms with Crippen LogP contribution in [-0.4, -0.2) is 25.4 Å². The van der Waals surface area contributed by atoms with E-state index in [2.05, 4.69) is 67.4 Å². The molecule has 0 amide bonds. The summed E-state index contributed by atoms with van der Waals surface area (Å²) in [6, 6.07) is 17.7. The Morgan fingerprint density at radius 1 is 0.857 bits per heavy atom. The standard InChI is InChI=1S/C19H15NTe/c1-12-10-17(20-11-13(12)2)16-8-5-7-15-14-6-3-4-9-18(14)21-19(15)16/h3-11H,1-2H3. The summed E-state index contributed by atoms with van der Waals surface area (Å²) < 4.78 is 3.09. The van der Waals surface area contributed by atoms with E-state index in [-0.39, 0.29) is 20.4 Å². The molecule has 0 bridgehead atoms. The molecule has 0 fully saturated rings. The molecular weight excluding hydrogens is 370 g/mol. The summed E-state index contributed by atoms with van der Waals surface area (Å²) in [7, 11) is 0. The van der Waals surface area contributed by atoms with Crippen molar-refractivity contribution in [1.82, 2.24) is 4.98 Å². The first-order chi connectivity index (χ1) is 10.2. The Morgan fingerprint density at radius 2 is 1.67 bits per heavy atom. The summed E-state index contributed by atoms with van der Waals surface area (Å²) in [4.78, 5) is 4.67. The van der Waals surface area contributed by atoms with Gasteiger partial charge in [-0.15, -0.1) is 0 Å². The van der Waals surface area contributed by atoms with Gasteiger partial charge in [0.25, 0.3) is 0 Å². The fourth-order valence-electron chi connectivity index (χ4n) is 2.72. The number of hydrogen-bond acceptors (Lipinski definition) is 1. The van der Waals surface area contributed by atoms with Gasteiger partial charge in [-0.1, -0.05) is 0 Å². The number of nitrogens with zero attached hydrogens (tertiary/aromatic N) is 1. The minimum absolute atomic E-state index is 0.305. The maximum absolute atomic E-state index is 4.67. The first kappa shape index (κ1) is 13.1. The summed E-state index contributed by atoms with van der Waals surface area (Å²) >= 11 is -0.305. The number of rotatable bonds is 1. The zero-order valence-corrected chi connectivity index (χ0v) is 14.4. The van der Waals surface area contributed by atoms with E-state index in [9.17, 15) is 0 Å². The summed E-state index contributed by atoms with van der Waals surface area (Å²) in [5, 5.41) is 2.85. The molecule has 0 saturated heterocycles. The molecule has 2 aromatic heterocycles. The second kappa shape index (κ2) is 4.98. The number of aromatic nitrogens is 1. The van der Waals surface area contributed by atoms with E-state index in [0.717, 1.165) is 5.69 Å². The van der Waals surface area contributed by atoms with Gasteiger partial charge in [-0.2, -0.15) is 0 Å². The van der Waals surface area contributed by atoms with Gasteiger partial charge >= 0.3 is 134 Å². The molecule has 2 heteroatoms. The molecule has 4 rings (SSSR count). The molecule has 21 heavy (non-hydrogen) atoms. The van der Waals surface area contributed by atoms with Gasteiger partial charge in [0.2, 0.25) is 0 Å². The molecule has 0 unspecified atom stereocenters. The van der Waals surface area contributed by atoms with Crippen LogP contribution in [0.2, 0.25) is 0 Å². The Morgan fingerprint density at radius 3 is 2.52 bits per heavy atom. The molecule has 0 N–H and O–H groups in total. The molecule has 0 saturated carbocycles. The van der Waals surface area contributed by atoms with Crippen molar-refractivity contribution >= 4 is 38.0 Å². The van der Waals surface area contributed by atoms with Crippen molar-refractivity contribution in [3.63, 3.8) is 0 Å². The van der Waals surface area contributed by atoms with Crippen molar-refractivity contribution in [2.24, 2.45) is 0 Å². The van der Waals surface area contributed by atoms with Crippen LogP contribution in [0.1, 0.15) is 11.1 Å². The molecular formula is C19H15NTe. The summed E-state index contributed by atoms with van der Waals surface area (Å²) in [6.45, 7) is 4.28. The fourth-order valence-corrected chi connectivity index (χ4v) is 6.22. The van der Waals surface area contributed by atoms with Crippen molar-refractivity contribution in [3.8, 4) is 11.3 Å². The van der Waals surface area contributed by atoms with Gasteiger partial charge < -0.3 is 0 Å². The summed E-state index contributed by atoms with van der Waals surface area (Å²) in [5.74, 6) is 0. The van der Waals surface area contributed by atoms with Crippen LogP contribution in [0.5, 0.6) is 0 Å². The van der Waals surface area contributed by atoms with Crippen molar-refractivity contribution < 1.29 is 0 Å². The van der Waals surface area contributed by atoms with E-state index in [1.165, 1.54) is 27.5 Å². The van der Waals surface area contributed by atoms with Gasteiger partial charge in [0, 0.05) is 0 Å². The van der Waals surface area contributed by atoms with Crippen molar-refractivity contribution in [2.75, 3.05) is 0 Å². The Kier molecular flexibility index (Phi) is 3.10. The minimum atomic E-state index is -0.305. The number of fused-ring (bicyclic) bond motifs is 3. The third-order valence-corrected chi connectivity index (χ3v) is 7.53. The van der Waals surface area contributed by atoms with Crippen LogP contribution in [-0.2, 0) is 0 Å². The van der Waals surface area contributed by atoms with Crippen molar-refractivity contribution in [2.45, 2.75) is 13.8 Å². The Balaban J connectivity index is 2.06. The predicted molar refractivity (Wildman–Crippen MR) is 91.1 cm³/mol. The zero-order valence-electron chi connectivity index (χ0n) is 12.1. The number of pyridine rings is 1. The molecule has 0 spiro atoms. The average Bonchev–Trinajstić information content (AvgIpc) is 2.89. The topological polar surface area (TPSA) is 12.9 Å². The van der Waals surface area contributed by atoms with Gasteiger partial charge in [-0.3, -0.25) is 0 Å². The van der Waals surface area contributed by atoms with Crippen molar-refractivity contribution in [1.29, 1.82) is 0 Å². The Bertz CT molecular complexity index is 966. The number of hydrogen-bond donors (Lipinski definition) is 0. The third-order valence-electron chi connectivity index (χ3n) is 4.05. The van der Waals surface area contributed by atoms with E-state index >= 15 is 0 Å². The third kappa shape index (κ3) is 2.11. The van der Waals surface area contributed by atoms with E-state index in [0.29, 0.717) is 0 Å². The number of aryl methyl sites for hydroxylation is 2. The Hall–Kier alpha value is -1.62. The van der Waals surface area contributed by atoms with Crippen LogP contribution in [0.3, 0.4) is 0 Å². The van der Waals surface area contributed by atoms with Gasteiger partial charge in [0.15, 0.2) is 0 Å². The maximum atomic E-state index is 4.67. The molecule has 4 aromatic rings. The van der Waals surface area contributed by atoms with E-state index in [1.54, 1.807) is 6.80 Å². The molecule has 0 aliphatic heterocycles. The molecule has 102 valence electrons. The average molecular weight is 385 g/mol. The molecule has 0 aliphatic rings. The molecule has 0 aliphatic carbocycles. The Labute approximate surface area is 133 Å². The molecule has 0 radical (unpaired) electrons. The summed E-state index contributed by atoms with van der Waals surface area (Å²) in [6.07, 6.45) is 1.99. The van der Waals surface area contributed by atoms with Crippen LogP contribution in [0.25, 0.3) is 28.8 Å². The molecule has 0 atom stereocenters. The normalized spacial score (nSPS) is 11.3. The number of benzene rings is 2. The first-order valence-corrected chi connectivity index (χ1v) is 9.41. The van der Waals surface area contributed by atoms with Gasteiger partial charge in [0.1, 0.15) is 0 Å². The SMILES string of the molecule is Cc1cnc(-c2cccc3c2[te]c2ccccc23)cc1C. The first-order valence-electron chi connectivity index (χ1n) is 7.08. The second-order valence-corrected chi connectivity index (χ2v) is 8.44. The van der Waals surface area contributed by atoms with Gasteiger partial charge in [0.05, 0.1) is 0 Å². The van der Waals surface area contributed by atoms with Crippen molar-refractivity contribution in [3.05, 3.63) is 65.9 Å².